The third-order valence-corrected chi connectivity index (χ3v) is 3.21. The third kappa shape index (κ3) is 2.28. The van der Waals surface area contributed by atoms with Crippen molar-refractivity contribution in [2.45, 2.75) is 0 Å². The van der Waals surface area contributed by atoms with Crippen LogP contribution >= 0.6 is 0 Å². The summed E-state index contributed by atoms with van der Waals surface area (Å²) in [7, 11) is 3.62. The molecular weight excluding hydrogens is 250 g/mol. The van der Waals surface area contributed by atoms with E-state index < -0.39 is 0 Å². The topological polar surface area (TPSA) is 39.4 Å². The Morgan fingerprint density at radius 2 is 1.85 bits per heavy atom. The standard InChI is InChI=1S/C16H15N3O/c1-19-15-6-4-3-5-14(15)18-16(19)17-11-12-7-9-13(20-2)10-8-12/h3-11H,1-2H3. The van der Waals surface area contributed by atoms with E-state index in [4.69, 9.17) is 4.74 Å². The van der Waals surface area contributed by atoms with Gasteiger partial charge < -0.3 is 9.30 Å². The monoisotopic (exact) mass is 265 g/mol. The summed E-state index contributed by atoms with van der Waals surface area (Å²) in [6.45, 7) is 0. The van der Waals surface area contributed by atoms with Gasteiger partial charge in [-0.3, -0.25) is 0 Å². The molecule has 20 heavy (non-hydrogen) atoms. The lowest BCUT2D eigenvalue weighted by Crippen LogP contribution is -1.88. The number of fused-ring (bicyclic) bond motifs is 1. The van der Waals surface area contributed by atoms with Gasteiger partial charge in [-0.25, -0.2) is 9.98 Å². The van der Waals surface area contributed by atoms with Crippen LogP contribution in [0.2, 0.25) is 0 Å². The predicted octanol–water partition coefficient (Wildman–Crippen LogP) is 3.33. The summed E-state index contributed by atoms with van der Waals surface area (Å²) in [6, 6.07) is 15.8. The summed E-state index contributed by atoms with van der Waals surface area (Å²) < 4.78 is 7.11. The lowest BCUT2D eigenvalue weighted by Gasteiger charge is -1.99. The van der Waals surface area contributed by atoms with Crippen LogP contribution in [0.1, 0.15) is 5.56 Å². The first-order chi connectivity index (χ1) is 9.78. The summed E-state index contributed by atoms with van der Waals surface area (Å²) >= 11 is 0. The molecule has 0 fully saturated rings. The summed E-state index contributed by atoms with van der Waals surface area (Å²) in [6.07, 6.45) is 1.81. The lowest BCUT2D eigenvalue weighted by atomic mass is 10.2. The van der Waals surface area contributed by atoms with Crippen molar-refractivity contribution in [2.75, 3.05) is 7.11 Å². The minimum atomic E-state index is 0.696. The van der Waals surface area contributed by atoms with Crippen LogP contribution < -0.4 is 4.74 Å². The number of aromatic nitrogens is 2. The molecule has 0 aliphatic carbocycles. The van der Waals surface area contributed by atoms with E-state index in [-0.39, 0.29) is 0 Å². The Bertz CT molecular complexity index is 757. The second-order valence-electron chi connectivity index (χ2n) is 4.49. The van der Waals surface area contributed by atoms with Crippen molar-refractivity contribution in [2.24, 2.45) is 12.0 Å². The minimum absolute atomic E-state index is 0.696. The smallest absolute Gasteiger partial charge is 0.230 e. The maximum Gasteiger partial charge on any atom is 0.230 e. The van der Waals surface area contributed by atoms with Gasteiger partial charge in [-0.15, -0.1) is 0 Å². The highest BCUT2D eigenvalue weighted by molar-refractivity contribution is 5.83. The summed E-state index contributed by atoms with van der Waals surface area (Å²) in [4.78, 5) is 8.96. The van der Waals surface area contributed by atoms with Crippen LogP contribution in [0, 0.1) is 0 Å². The fraction of sp³-hybridized carbons (Fsp3) is 0.125. The summed E-state index contributed by atoms with van der Waals surface area (Å²) in [5, 5.41) is 0. The predicted molar refractivity (Wildman–Crippen MR) is 81.0 cm³/mol. The molecule has 0 radical (unpaired) electrons. The molecule has 0 unspecified atom stereocenters. The van der Waals surface area contributed by atoms with Crippen molar-refractivity contribution in [3.63, 3.8) is 0 Å². The highest BCUT2D eigenvalue weighted by atomic mass is 16.5. The molecule has 2 aromatic carbocycles. The van der Waals surface area contributed by atoms with E-state index >= 15 is 0 Å². The van der Waals surface area contributed by atoms with Gasteiger partial charge in [0.25, 0.3) is 0 Å². The van der Waals surface area contributed by atoms with E-state index in [9.17, 15) is 0 Å². The van der Waals surface area contributed by atoms with Gasteiger partial charge in [0.15, 0.2) is 0 Å². The molecule has 0 aliphatic heterocycles. The normalized spacial score (nSPS) is 11.3. The Labute approximate surface area is 117 Å². The number of aliphatic imine (C=N–C) groups is 1. The van der Waals surface area contributed by atoms with Crippen LogP contribution in [0.5, 0.6) is 5.75 Å². The highest BCUT2D eigenvalue weighted by Crippen LogP contribution is 2.19. The van der Waals surface area contributed by atoms with E-state index in [1.807, 2.05) is 60.1 Å². The van der Waals surface area contributed by atoms with Crippen LogP contribution in [0.15, 0.2) is 53.5 Å². The molecule has 100 valence electrons. The Balaban J connectivity index is 1.91. The van der Waals surface area contributed by atoms with E-state index in [0.717, 1.165) is 22.3 Å². The molecule has 0 saturated heterocycles. The van der Waals surface area contributed by atoms with Crippen LogP contribution in [-0.4, -0.2) is 22.9 Å². The van der Waals surface area contributed by atoms with Crippen LogP contribution in [-0.2, 0) is 7.05 Å². The van der Waals surface area contributed by atoms with E-state index in [1.54, 1.807) is 13.3 Å². The molecule has 0 amide bonds. The Morgan fingerprint density at radius 3 is 2.55 bits per heavy atom. The van der Waals surface area contributed by atoms with Crippen LogP contribution in [0.4, 0.5) is 5.95 Å². The fourth-order valence-electron chi connectivity index (χ4n) is 2.07. The quantitative estimate of drug-likeness (QED) is 0.681. The molecule has 1 heterocycles. The number of hydrogen-bond donors (Lipinski definition) is 0. The van der Waals surface area contributed by atoms with Gasteiger partial charge in [0, 0.05) is 13.3 Å². The molecular formula is C16H15N3O. The number of nitrogens with zero attached hydrogens (tertiary/aromatic N) is 3. The zero-order chi connectivity index (χ0) is 13.9. The highest BCUT2D eigenvalue weighted by Gasteiger charge is 2.04. The van der Waals surface area contributed by atoms with Crippen molar-refractivity contribution >= 4 is 23.2 Å². The first kappa shape index (κ1) is 12.4. The van der Waals surface area contributed by atoms with Crippen molar-refractivity contribution < 1.29 is 4.74 Å². The fourth-order valence-corrected chi connectivity index (χ4v) is 2.07. The van der Waals surface area contributed by atoms with Gasteiger partial charge in [-0.05, 0) is 42.0 Å². The molecule has 0 N–H and O–H groups in total. The number of aryl methyl sites for hydroxylation is 1. The maximum absolute atomic E-state index is 5.13. The molecule has 4 nitrogen and oxygen atoms in total. The number of methoxy groups -OCH3 is 1. The number of rotatable bonds is 3. The van der Waals surface area contributed by atoms with E-state index in [2.05, 4.69) is 9.98 Å². The van der Waals surface area contributed by atoms with Gasteiger partial charge in [-0.2, -0.15) is 0 Å². The van der Waals surface area contributed by atoms with Gasteiger partial charge in [0.05, 0.1) is 18.1 Å². The van der Waals surface area contributed by atoms with Crippen molar-refractivity contribution in [3.8, 4) is 5.75 Å². The van der Waals surface area contributed by atoms with Gasteiger partial charge in [0.2, 0.25) is 5.95 Å². The van der Waals surface area contributed by atoms with Gasteiger partial charge >= 0.3 is 0 Å². The van der Waals surface area contributed by atoms with E-state index in [0.29, 0.717) is 5.95 Å². The van der Waals surface area contributed by atoms with Crippen molar-refractivity contribution in [3.05, 3.63) is 54.1 Å². The number of hydrogen-bond acceptors (Lipinski definition) is 3. The first-order valence-electron chi connectivity index (χ1n) is 6.37. The average molecular weight is 265 g/mol. The summed E-state index contributed by atoms with van der Waals surface area (Å²) in [5.74, 6) is 1.53. The number of imidazole rings is 1. The molecule has 0 aliphatic rings. The number of benzene rings is 2. The molecule has 0 bridgehead atoms. The molecule has 1 aromatic heterocycles. The molecule has 4 heteroatoms. The second kappa shape index (κ2) is 5.17. The molecule has 0 spiro atoms. The number of ether oxygens (including phenoxy) is 1. The van der Waals surface area contributed by atoms with Crippen molar-refractivity contribution in [1.82, 2.24) is 9.55 Å². The first-order valence-corrected chi connectivity index (χ1v) is 6.37. The van der Waals surface area contributed by atoms with E-state index in [1.165, 1.54) is 0 Å². The maximum atomic E-state index is 5.13. The SMILES string of the molecule is COc1ccc(C=Nc2nc3ccccc3n2C)cc1. The largest absolute Gasteiger partial charge is 0.497 e. The minimum Gasteiger partial charge on any atom is -0.497 e. The molecule has 3 aromatic rings. The Kier molecular flexibility index (Phi) is 3.21. The molecule has 0 atom stereocenters. The molecule has 3 rings (SSSR count). The van der Waals surface area contributed by atoms with Gasteiger partial charge in [-0.1, -0.05) is 12.1 Å². The second-order valence-corrected chi connectivity index (χ2v) is 4.49. The lowest BCUT2D eigenvalue weighted by molar-refractivity contribution is 0.415. The zero-order valence-electron chi connectivity index (χ0n) is 11.4. The Morgan fingerprint density at radius 1 is 1.10 bits per heavy atom. The zero-order valence-corrected chi connectivity index (χ0v) is 11.4. The summed E-state index contributed by atoms with van der Waals surface area (Å²) in [5.41, 5.74) is 3.05. The van der Waals surface area contributed by atoms with Gasteiger partial charge in [0.1, 0.15) is 5.75 Å². The molecule has 0 saturated carbocycles. The third-order valence-electron chi connectivity index (χ3n) is 3.21. The Hall–Kier alpha value is -2.62. The average Bonchev–Trinajstić information content (AvgIpc) is 2.83. The van der Waals surface area contributed by atoms with Crippen LogP contribution in [0.3, 0.4) is 0 Å². The van der Waals surface area contributed by atoms with Crippen LogP contribution in [0.25, 0.3) is 11.0 Å². The number of para-hydroxylation sites is 2. The van der Waals surface area contributed by atoms with Crippen molar-refractivity contribution in [1.29, 1.82) is 0 Å².